The summed E-state index contributed by atoms with van der Waals surface area (Å²) in [6.45, 7) is 4.29. The third-order valence-corrected chi connectivity index (χ3v) is 3.64. The normalized spacial score (nSPS) is 20.4. The summed E-state index contributed by atoms with van der Waals surface area (Å²) in [4.78, 5) is 0.590. The molecule has 0 unspecified atom stereocenters. The zero-order chi connectivity index (χ0) is 10.6. The fraction of sp³-hybridized carbons (Fsp3) is 0.750. The highest BCUT2D eigenvalue weighted by atomic mass is 32.1. The van der Waals surface area contributed by atoms with Crippen molar-refractivity contribution in [1.29, 1.82) is 0 Å². The van der Waals surface area contributed by atoms with Crippen LogP contribution < -0.4 is 5.73 Å². The number of hydrogen-bond acceptors (Lipinski definition) is 1. The smallest absolute Gasteiger partial charge is 0.0991 e. The van der Waals surface area contributed by atoms with E-state index in [-0.39, 0.29) is 0 Å². The predicted octanol–water partition coefficient (Wildman–Crippen LogP) is 3.58. The maximum atomic E-state index is 5.69. The molecule has 0 aromatic rings. The predicted molar refractivity (Wildman–Crippen MR) is 66.4 cm³/mol. The van der Waals surface area contributed by atoms with Gasteiger partial charge in [0.1, 0.15) is 0 Å². The molecule has 2 N–H and O–H groups in total. The maximum absolute atomic E-state index is 5.69. The second kappa shape index (κ2) is 5.50. The SMILES string of the molecule is CC/C(=C(\C)C(N)=S)C1CCCCC1. The molecule has 0 bridgehead atoms. The van der Waals surface area contributed by atoms with Crippen molar-refractivity contribution < 1.29 is 0 Å². The average Bonchev–Trinajstić information content (AvgIpc) is 2.20. The van der Waals surface area contributed by atoms with Gasteiger partial charge in [0.25, 0.3) is 0 Å². The summed E-state index contributed by atoms with van der Waals surface area (Å²) in [5.74, 6) is 0.759. The van der Waals surface area contributed by atoms with Crippen molar-refractivity contribution in [2.75, 3.05) is 0 Å². The van der Waals surface area contributed by atoms with Gasteiger partial charge in [-0.3, -0.25) is 0 Å². The van der Waals surface area contributed by atoms with Crippen LogP contribution in [-0.2, 0) is 0 Å². The second-order valence-corrected chi connectivity index (χ2v) is 4.64. The minimum atomic E-state index is 0.590. The molecule has 0 aromatic heterocycles. The first-order chi connectivity index (χ1) is 6.66. The van der Waals surface area contributed by atoms with Gasteiger partial charge in [-0.2, -0.15) is 0 Å². The summed E-state index contributed by atoms with van der Waals surface area (Å²) in [5, 5.41) is 0. The van der Waals surface area contributed by atoms with E-state index in [0.717, 1.165) is 12.3 Å². The van der Waals surface area contributed by atoms with Crippen LogP contribution in [0.3, 0.4) is 0 Å². The number of nitrogens with two attached hydrogens (primary N) is 1. The van der Waals surface area contributed by atoms with E-state index >= 15 is 0 Å². The minimum absolute atomic E-state index is 0.590. The molecular formula is C12H21NS. The monoisotopic (exact) mass is 211 g/mol. The fourth-order valence-corrected chi connectivity index (χ4v) is 2.60. The van der Waals surface area contributed by atoms with Crippen LogP contribution in [-0.4, -0.2) is 4.99 Å². The van der Waals surface area contributed by atoms with Crippen LogP contribution in [0.15, 0.2) is 11.1 Å². The lowest BCUT2D eigenvalue weighted by molar-refractivity contribution is 0.395. The van der Waals surface area contributed by atoms with Gasteiger partial charge in [0.15, 0.2) is 0 Å². The highest BCUT2D eigenvalue weighted by molar-refractivity contribution is 7.80. The first-order valence-corrected chi connectivity index (χ1v) is 6.07. The molecule has 1 fully saturated rings. The Bertz CT molecular complexity index is 237. The van der Waals surface area contributed by atoms with Crippen LogP contribution >= 0.6 is 12.2 Å². The molecule has 0 aliphatic heterocycles. The molecular weight excluding hydrogens is 190 g/mol. The zero-order valence-corrected chi connectivity index (χ0v) is 10.1. The summed E-state index contributed by atoms with van der Waals surface area (Å²) >= 11 is 5.05. The lowest BCUT2D eigenvalue weighted by Gasteiger charge is -2.25. The van der Waals surface area contributed by atoms with Crippen molar-refractivity contribution in [1.82, 2.24) is 0 Å². The number of allylic oxidation sites excluding steroid dienone is 1. The molecule has 1 aliphatic rings. The van der Waals surface area contributed by atoms with E-state index in [0.29, 0.717) is 4.99 Å². The Hall–Kier alpha value is -0.370. The van der Waals surface area contributed by atoms with Crippen LogP contribution in [0.1, 0.15) is 52.4 Å². The Morgan fingerprint density at radius 2 is 1.86 bits per heavy atom. The van der Waals surface area contributed by atoms with E-state index in [9.17, 15) is 0 Å². The first kappa shape index (κ1) is 11.7. The Balaban J connectivity index is 2.78. The Kier molecular flexibility index (Phi) is 4.59. The van der Waals surface area contributed by atoms with E-state index < -0.39 is 0 Å². The van der Waals surface area contributed by atoms with Gasteiger partial charge >= 0.3 is 0 Å². The second-order valence-electron chi connectivity index (χ2n) is 4.20. The molecule has 2 heteroatoms. The van der Waals surface area contributed by atoms with Gasteiger partial charge in [-0.05, 0) is 37.7 Å². The maximum Gasteiger partial charge on any atom is 0.0991 e. The van der Waals surface area contributed by atoms with E-state index in [4.69, 9.17) is 18.0 Å². The summed E-state index contributed by atoms with van der Waals surface area (Å²) in [5.41, 5.74) is 8.38. The van der Waals surface area contributed by atoms with Crippen molar-refractivity contribution >= 4 is 17.2 Å². The summed E-state index contributed by atoms with van der Waals surface area (Å²) in [7, 11) is 0. The van der Waals surface area contributed by atoms with Crippen LogP contribution in [0, 0.1) is 5.92 Å². The Labute approximate surface area is 92.8 Å². The Morgan fingerprint density at radius 3 is 2.29 bits per heavy atom. The molecule has 1 rings (SSSR count). The zero-order valence-electron chi connectivity index (χ0n) is 9.31. The summed E-state index contributed by atoms with van der Waals surface area (Å²) in [6, 6.07) is 0. The molecule has 0 heterocycles. The van der Waals surface area contributed by atoms with Crippen molar-refractivity contribution in [3.8, 4) is 0 Å². The highest BCUT2D eigenvalue weighted by Crippen LogP contribution is 2.32. The fourth-order valence-electron chi connectivity index (χ4n) is 2.47. The van der Waals surface area contributed by atoms with Gasteiger partial charge in [-0.1, -0.05) is 44.0 Å². The summed E-state index contributed by atoms with van der Waals surface area (Å²) < 4.78 is 0. The minimum Gasteiger partial charge on any atom is -0.390 e. The molecule has 0 spiro atoms. The third kappa shape index (κ3) is 2.81. The number of thiocarbonyl (C=S) groups is 1. The van der Waals surface area contributed by atoms with Gasteiger partial charge in [-0.25, -0.2) is 0 Å². The highest BCUT2D eigenvalue weighted by Gasteiger charge is 2.18. The van der Waals surface area contributed by atoms with Gasteiger partial charge in [-0.15, -0.1) is 0 Å². The average molecular weight is 211 g/mol. The molecule has 0 radical (unpaired) electrons. The standard InChI is InChI=1S/C12H21NS/c1-3-11(9(2)12(13)14)10-7-5-4-6-8-10/h10H,3-8H2,1-2H3,(H2,13,14)/b11-9-. The number of rotatable bonds is 3. The largest absolute Gasteiger partial charge is 0.390 e. The van der Waals surface area contributed by atoms with Crippen LogP contribution in [0.2, 0.25) is 0 Å². The quantitative estimate of drug-likeness (QED) is 0.570. The van der Waals surface area contributed by atoms with Crippen LogP contribution in [0.5, 0.6) is 0 Å². The topological polar surface area (TPSA) is 26.0 Å². The van der Waals surface area contributed by atoms with E-state index in [1.54, 1.807) is 0 Å². The van der Waals surface area contributed by atoms with E-state index in [1.807, 2.05) is 0 Å². The van der Waals surface area contributed by atoms with Gasteiger partial charge in [0.05, 0.1) is 4.99 Å². The van der Waals surface area contributed by atoms with Crippen molar-refractivity contribution in [2.45, 2.75) is 52.4 Å². The molecule has 1 aliphatic carbocycles. The van der Waals surface area contributed by atoms with Gasteiger partial charge in [0.2, 0.25) is 0 Å². The van der Waals surface area contributed by atoms with Gasteiger partial charge in [0, 0.05) is 0 Å². The molecule has 80 valence electrons. The molecule has 0 amide bonds. The van der Waals surface area contributed by atoms with E-state index in [1.165, 1.54) is 43.3 Å². The molecule has 1 saturated carbocycles. The van der Waals surface area contributed by atoms with E-state index in [2.05, 4.69) is 13.8 Å². The first-order valence-electron chi connectivity index (χ1n) is 5.66. The molecule has 0 atom stereocenters. The van der Waals surface area contributed by atoms with Crippen molar-refractivity contribution in [3.63, 3.8) is 0 Å². The third-order valence-electron chi connectivity index (χ3n) is 3.33. The molecule has 1 nitrogen and oxygen atoms in total. The van der Waals surface area contributed by atoms with Crippen molar-refractivity contribution in [3.05, 3.63) is 11.1 Å². The van der Waals surface area contributed by atoms with Crippen LogP contribution in [0.25, 0.3) is 0 Å². The lowest BCUT2D eigenvalue weighted by Crippen LogP contribution is -2.17. The van der Waals surface area contributed by atoms with Gasteiger partial charge < -0.3 is 5.73 Å². The van der Waals surface area contributed by atoms with Crippen molar-refractivity contribution in [2.24, 2.45) is 11.7 Å². The molecule has 0 saturated heterocycles. The summed E-state index contributed by atoms with van der Waals surface area (Å²) in [6.07, 6.45) is 7.93. The molecule has 0 aromatic carbocycles. The number of hydrogen-bond donors (Lipinski definition) is 1. The molecule has 14 heavy (non-hydrogen) atoms. The Morgan fingerprint density at radius 1 is 1.29 bits per heavy atom. The van der Waals surface area contributed by atoms with Crippen LogP contribution in [0.4, 0.5) is 0 Å². The lowest BCUT2D eigenvalue weighted by atomic mass is 9.81.